The van der Waals surface area contributed by atoms with Crippen molar-refractivity contribution in [3.8, 4) is 0 Å². The van der Waals surface area contributed by atoms with Gasteiger partial charge in [-0.3, -0.25) is 5.10 Å². The van der Waals surface area contributed by atoms with Gasteiger partial charge < -0.3 is 4.90 Å². The summed E-state index contributed by atoms with van der Waals surface area (Å²) in [6, 6.07) is 25.5. The second kappa shape index (κ2) is 6.19. The molecule has 3 aromatic carbocycles. The van der Waals surface area contributed by atoms with Crippen LogP contribution in [0.5, 0.6) is 0 Å². The highest BCUT2D eigenvalue weighted by Gasteiger charge is 2.19. The number of H-pyrrole nitrogens is 1. The Morgan fingerprint density at radius 1 is 0.769 bits per heavy atom. The number of fused-ring (bicyclic) bond motifs is 2. The van der Waals surface area contributed by atoms with Crippen molar-refractivity contribution >= 4 is 28.7 Å². The maximum Gasteiger partial charge on any atom is 0.0927 e. The van der Waals surface area contributed by atoms with Crippen LogP contribution in [-0.2, 0) is 13.1 Å². The highest BCUT2D eigenvalue weighted by molar-refractivity contribution is 5.90. The van der Waals surface area contributed by atoms with E-state index in [0.717, 1.165) is 29.7 Å². The fourth-order valence-electron chi connectivity index (χ4n) is 3.70. The van der Waals surface area contributed by atoms with Crippen molar-refractivity contribution in [3.63, 3.8) is 0 Å². The zero-order valence-corrected chi connectivity index (χ0v) is 14.4. The van der Waals surface area contributed by atoms with Crippen LogP contribution in [0.2, 0.25) is 0 Å². The predicted molar refractivity (Wildman–Crippen MR) is 108 cm³/mol. The van der Waals surface area contributed by atoms with Gasteiger partial charge >= 0.3 is 0 Å². The summed E-state index contributed by atoms with van der Waals surface area (Å²) >= 11 is 0. The molecule has 0 aliphatic carbocycles. The third-order valence-electron chi connectivity index (χ3n) is 5.04. The molecule has 0 radical (unpaired) electrons. The minimum atomic E-state index is 0.965. The van der Waals surface area contributed by atoms with Crippen LogP contribution >= 0.6 is 0 Å². The van der Waals surface area contributed by atoms with Gasteiger partial charge in [0.15, 0.2) is 0 Å². The third kappa shape index (κ3) is 2.58. The zero-order chi connectivity index (χ0) is 17.3. The van der Waals surface area contributed by atoms with E-state index >= 15 is 0 Å². The summed E-state index contributed by atoms with van der Waals surface area (Å²) in [5, 5.41) is 8.69. The lowest BCUT2D eigenvalue weighted by Gasteiger charge is -2.20. The predicted octanol–water partition coefficient (Wildman–Crippen LogP) is 5.25. The Bertz CT molecular complexity index is 1080. The number of rotatable bonds is 3. The van der Waals surface area contributed by atoms with E-state index in [-0.39, 0.29) is 0 Å². The fraction of sp³-hybridized carbons (Fsp3) is 0.0870. The number of aromatic amines is 1. The molecule has 0 atom stereocenters. The molecule has 126 valence electrons. The van der Waals surface area contributed by atoms with Crippen LogP contribution in [0, 0.1) is 0 Å². The molecule has 1 aromatic heterocycles. The molecule has 1 N–H and O–H groups in total. The van der Waals surface area contributed by atoms with Gasteiger partial charge in [0.25, 0.3) is 0 Å². The molecule has 0 unspecified atom stereocenters. The topological polar surface area (TPSA) is 31.9 Å². The van der Waals surface area contributed by atoms with E-state index < -0.39 is 0 Å². The number of nitrogens with one attached hydrogen (secondary N) is 1. The first-order valence-electron chi connectivity index (χ1n) is 8.90. The quantitative estimate of drug-likeness (QED) is 0.553. The van der Waals surface area contributed by atoms with Gasteiger partial charge in [0.1, 0.15) is 0 Å². The van der Waals surface area contributed by atoms with Crippen molar-refractivity contribution in [1.82, 2.24) is 10.2 Å². The van der Waals surface area contributed by atoms with E-state index in [1.165, 1.54) is 22.4 Å². The van der Waals surface area contributed by atoms with Gasteiger partial charge in [-0.1, -0.05) is 66.7 Å². The molecule has 0 bridgehead atoms. The molecule has 3 nitrogen and oxygen atoms in total. The monoisotopic (exact) mass is 337 g/mol. The van der Waals surface area contributed by atoms with Gasteiger partial charge in [-0.25, -0.2) is 0 Å². The summed E-state index contributed by atoms with van der Waals surface area (Å²) in [7, 11) is 0. The summed E-state index contributed by atoms with van der Waals surface area (Å²) in [4.78, 5) is 2.44. The minimum Gasteiger partial charge on any atom is -0.362 e. The Labute approximate surface area is 152 Å². The Morgan fingerprint density at radius 2 is 1.46 bits per heavy atom. The number of aromatic nitrogens is 2. The van der Waals surface area contributed by atoms with E-state index in [9.17, 15) is 0 Å². The van der Waals surface area contributed by atoms with Crippen LogP contribution in [0.3, 0.4) is 0 Å². The lowest BCUT2D eigenvalue weighted by atomic mass is 10.1. The molecule has 2 heterocycles. The van der Waals surface area contributed by atoms with Gasteiger partial charge in [-0.15, -0.1) is 0 Å². The van der Waals surface area contributed by atoms with Crippen molar-refractivity contribution in [2.45, 2.75) is 13.1 Å². The van der Waals surface area contributed by atoms with Gasteiger partial charge in [0.05, 0.1) is 11.2 Å². The van der Waals surface area contributed by atoms with Crippen molar-refractivity contribution in [2.24, 2.45) is 0 Å². The fourth-order valence-corrected chi connectivity index (χ4v) is 3.70. The van der Waals surface area contributed by atoms with E-state index in [0.29, 0.717) is 0 Å². The number of benzene rings is 3. The molecule has 0 saturated carbocycles. The SMILES string of the molecule is C(=C\c1n[nH]c2ccccc12)/c1ccccc1N1Cc2ccccc2C1. The largest absolute Gasteiger partial charge is 0.362 e. The first kappa shape index (κ1) is 15.0. The van der Waals surface area contributed by atoms with Gasteiger partial charge in [0, 0.05) is 24.2 Å². The van der Waals surface area contributed by atoms with Gasteiger partial charge in [-0.05, 0) is 34.9 Å². The van der Waals surface area contributed by atoms with E-state index in [1.807, 2.05) is 12.1 Å². The third-order valence-corrected chi connectivity index (χ3v) is 5.04. The smallest absolute Gasteiger partial charge is 0.0927 e. The van der Waals surface area contributed by atoms with Crippen LogP contribution in [0.15, 0.2) is 72.8 Å². The van der Waals surface area contributed by atoms with E-state index in [4.69, 9.17) is 0 Å². The van der Waals surface area contributed by atoms with Crippen LogP contribution in [0.25, 0.3) is 23.1 Å². The van der Waals surface area contributed by atoms with Gasteiger partial charge in [-0.2, -0.15) is 5.10 Å². The Balaban J connectivity index is 1.48. The molecular formula is C23H19N3. The summed E-state index contributed by atoms with van der Waals surface area (Å²) < 4.78 is 0. The number of nitrogens with zero attached hydrogens (tertiary/aromatic N) is 2. The van der Waals surface area contributed by atoms with Crippen molar-refractivity contribution < 1.29 is 0 Å². The van der Waals surface area contributed by atoms with Crippen molar-refractivity contribution in [1.29, 1.82) is 0 Å². The first-order valence-corrected chi connectivity index (χ1v) is 8.90. The lowest BCUT2D eigenvalue weighted by molar-refractivity contribution is 0.879. The summed E-state index contributed by atoms with van der Waals surface area (Å²) in [6.45, 7) is 1.93. The molecule has 0 spiro atoms. The van der Waals surface area contributed by atoms with E-state index in [2.05, 4.69) is 87.9 Å². The van der Waals surface area contributed by atoms with Crippen molar-refractivity contribution in [2.75, 3.05) is 4.90 Å². The molecule has 1 aliphatic heterocycles. The normalized spacial score (nSPS) is 13.6. The average Bonchev–Trinajstić information content (AvgIpc) is 3.30. The second-order valence-corrected chi connectivity index (χ2v) is 6.67. The van der Waals surface area contributed by atoms with Gasteiger partial charge in [0.2, 0.25) is 0 Å². The van der Waals surface area contributed by atoms with Crippen LogP contribution in [-0.4, -0.2) is 10.2 Å². The average molecular weight is 337 g/mol. The standard InChI is InChI=1S/C23H19N3/c1-2-9-19-16-26(15-18(19)8-1)23-12-6-3-7-17(23)13-14-22-20-10-4-5-11-21(20)24-25-22/h1-14H,15-16H2,(H,24,25)/b14-13+. The number of para-hydroxylation sites is 2. The number of hydrogen-bond acceptors (Lipinski definition) is 2. The van der Waals surface area contributed by atoms with Crippen LogP contribution in [0.1, 0.15) is 22.4 Å². The maximum atomic E-state index is 4.44. The number of anilines is 1. The maximum absolute atomic E-state index is 4.44. The Morgan fingerprint density at radius 3 is 2.31 bits per heavy atom. The molecule has 5 rings (SSSR count). The lowest BCUT2D eigenvalue weighted by Crippen LogP contribution is -2.15. The summed E-state index contributed by atoms with van der Waals surface area (Å²) in [5.74, 6) is 0. The first-order chi connectivity index (χ1) is 12.9. The molecular weight excluding hydrogens is 318 g/mol. The molecule has 26 heavy (non-hydrogen) atoms. The zero-order valence-electron chi connectivity index (χ0n) is 14.4. The second-order valence-electron chi connectivity index (χ2n) is 6.67. The summed E-state index contributed by atoms with van der Waals surface area (Å²) in [5.41, 5.74) is 7.36. The molecule has 4 aromatic rings. The Hall–Kier alpha value is -3.33. The molecule has 0 fully saturated rings. The summed E-state index contributed by atoms with van der Waals surface area (Å²) in [6.07, 6.45) is 4.27. The molecule has 0 saturated heterocycles. The number of hydrogen-bond donors (Lipinski definition) is 1. The van der Waals surface area contributed by atoms with E-state index in [1.54, 1.807) is 0 Å². The molecule has 1 aliphatic rings. The molecule has 0 amide bonds. The highest BCUT2D eigenvalue weighted by Crippen LogP contribution is 2.31. The van der Waals surface area contributed by atoms with Crippen LogP contribution < -0.4 is 4.90 Å². The molecule has 3 heteroatoms. The van der Waals surface area contributed by atoms with Crippen LogP contribution in [0.4, 0.5) is 5.69 Å². The highest BCUT2D eigenvalue weighted by atomic mass is 15.1. The Kier molecular flexibility index (Phi) is 3.56. The van der Waals surface area contributed by atoms with Crippen molar-refractivity contribution in [3.05, 3.63) is 95.2 Å². The minimum absolute atomic E-state index is 0.965.